The fraction of sp³-hybridized carbons (Fsp3) is 0.667. The highest BCUT2D eigenvalue weighted by atomic mass is 32.1. The zero-order valence-electron chi connectivity index (χ0n) is 10.8. The Bertz CT molecular complexity index is 362. The molecule has 1 aromatic rings. The van der Waals surface area contributed by atoms with Crippen LogP contribution in [0.3, 0.4) is 0 Å². The number of thiazole rings is 1. The Morgan fingerprint density at radius 1 is 1.65 bits per heavy atom. The van der Waals surface area contributed by atoms with Crippen LogP contribution in [0.5, 0.6) is 0 Å². The molecule has 0 saturated heterocycles. The number of carbonyl (C=O) groups is 1. The van der Waals surface area contributed by atoms with Gasteiger partial charge in [0.05, 0.1) is 17.7 Å². The summed E-state index contributed by atoms with van der Waals surface area (Å²) < 4.78 is 0. The number of aryl methyl sites for hydroxylation is 1. The molecule has 1 unspecified atom stereocenters. The average molecular weight is 255 g/mol. The molecule has 0 aliphatic carbocycles. The van der Waals surface area contributed by atoms with E-state index in [0.717, 1.165) is 23.4 Å². The minimum absolute atomic E-state index is 0.178. The molecule has 5 heteroatoms. The van der Waals surface area contributed by atoms with E-state index >= 15 is 0 Å². The highest BCUT2D eigenvalue weighted by Gasteiger charge is 2.11. The Balaban J connectivity index is 2.35. The van der Waals surface area contributed by atoms with Gasteiger partial charge in [0.15, 0.2) is 0 Å². The van der Waals surface area contributed by atoms with Crippen molar-refractivity contribution in [3.05, 3.63) is 16.1 Å². The Morgan fingerprint density at radius 3 is 2.88 bits per heavy atom. The summed E-state index contributed by atoms with van der Waals surface area (Å²) in [5.74, 6) is 0.179. The van der Waals surface area contributed by atoms with Gasteiger partial charge in [0, 0.05) is 24.4 Å². The molecule has 0 aliphatic rings. The zero-order valence-corrected chi connectivity index (χ0v) is 11.6. The number of aromatic nitrogens is 1. The number of nitrogens with two attached hydrogens (primary N) is 1. The Labute approximate surface area is 107 Å². The topological polar surface area (TPSA) is 59.2 Å². The van der Waals surface area contributed by atoms with Crippen molar-refractivity contribution in [1.82, 2.24) is 9.88 Å². The molecule has 0 aliphatic heterocycles. The van der Waals surface area contributed by atoms with Crippen molar-refractivity contribution in [1.29, 1.82) is 0 Å². The van der Waals surface area contributed by atoms with Gasteiger partial charge in [-0.15, -0.1) is 11.3 Å². The lowest BCUT2D eigenvalue weighted by atomic mass is 10.1. The van der Waals surface area contributed by atoms with E-state index < -0.39 is 0 Å². The van der Waals surface area contributed by atoms with E-state index in [2.05, 4.69) is 4.98 Å². The maximum atomic E-state index is 11.8. The fourth-order valence-corrected chi connectivity index (χ4v) is 2.38. The first-order valence-corrected chi connectivity index (χ1v) is 6.77. The summed E-state index contributed by atoms with van der Waals surface area (Å²) >= 11 is 1.60. The third kappa shape index (κ3) is 4.83. The molecule has 1 amide bonds. The van der Waals surface area contributed by atoms with Gasteiger partial charge in [-0.2, -0.15) is 0 Å². The molecule has 0 radical (unpaired) electrons. The maximum Gasteiger partial charge on any atom is 0.222 e. The third-order valence-corrected chi connectivity index (χ3v) is 3.62. The first-order chi connectivity index (χ1) is 8.00. The second-order valence-corrected chi connectivity index (χ2v) is 5.42. The number of hydrogen-bond donors (Lipinski definition) is 1. The predicted octanol–water partition coefficient (Wildman–Crippen LogP) is 1.93. The van der Waals surface area contributed by atoms with Crippen LogP contribution >= 0.6 is 11.3 Å². The Morgan fingerprint density at radius 2 is 2.35 bits per heavy atom. The van der Waals surface area contributed by atoms with E-state index in [1.165, 1.54) is 0 Å². The lowest BCUT2D eigenvalue weighted by Crippen LogP contribution is -2.26. The lowest BCUT2D eigenvalue weighted by Gasteiger charge is -2.16. The SMILES string of the molecule is Cc1ncsc1CN(C)C(=O)CCCC(C)N. The molecule has 17 heavy (non-hydrogen) atoms. The van der Waals surface area contributed by atoms with Crippen LogP contribution in [0.1, 0.15) is 36.8 Å². The van der Waals surface area contributed by atoms with Crippen LogP contribution in [0.2, 0.25) is 0 Å². The van der Waals surface area contributed by atoms with Crippen molar-refractivity contribution in [2.75, 3.05) is 7.05 Å². The van der Waals surface area contributed by atoms with Crippen molar-refractivity contribution >= 4 is 17.2 Å². The van der Waals surface area contributed by atoms with Crippen molar-refractivity contribution < 1.29 is 4.79 Å². The van der Waals surface area contributed by atoms with Crippen LogP contribution in [0.15, 0.2) is 5.51 Å². The first kappa shape index (κ1) is 14.1. The summed E-state index contributed by atoms with van der Waals surface area (Å²) in [6, 6.07) is 0.178. The summed E-state index contributed by atoms with van der Waals surface area (Å²) in [5.41, 5.74) is 8.49. The molecule has 0 spiro atoms. The molecule has 0 saturated carbocycles. The van der Waals surface area contributed by atoms with Crippen molar-refractivity contribution in [3.8, 4) is 0 Å². The van der Waals surface area contributed by atoms with E-state index in [4.69, 9.17) is 5.73 Å². The van der Waals surface area contributed by atoms with Gasteiger partial charge in [-0.1, -0.05) is 0 Å². The van der Waals surface area contributed by atoms with Gasteiger partial charge in [-0.3, -0.25) is 4.79 Å². The summed E-state index contributed by atoms with van der Waals surface area (Å²) in [4.78, 5) is 18.9. The summed E-state index contributed by atoms with van der Waals surface area (Å²) in [6.07, 6.45) is 2.34. The summed E-state index contributed by atoms with van der Waals surface area (Å²) in [5, 5.41) is 0. The van der Waals surface area contributed by atoms with Crippen LogP contribution in [0, 0.1) is 6.92 Å². The molecule has 0 fully saturated rings. The second kappa shape index (κ2) is 6.71. The number of hydrogen-bond acceptors (Lipinski definition) is 4. The van der Waals surface area contributed by atoms with E-state index in [0.29, 0.717) is 13.0 Å². The van der Waals surface area contributed by atoms with Gasteiger partial charge in [-0.25, -0.2) is 4.98 Å². The second-order valence-electron chi connectivity index (χ2n) is 4.48. The molecular formula is C12H21N3OS. The monoisotopic (exact) mass is 255 g/mol. The predicted molar refractivity (Wildman–Crippen MR) is 70.8 cm³/mol. The molecular weight excluding hydrogens is 234 g/mol. The third-order valence-electron chi connectivity index (χ3n) is 2.70. The van der Waals surface area contributed by atoms with Crippen LogP contribution in [-0.2, 0) is 11.3 Å². The molecule has 1 atom stereocenters. The van der Waals surface area contributed by atoms with Crippen LogP contribution in [0.4, 0.5) is 0 Å². The standard InChI is InChI=1S/C12H21N3OS/c1-9(13)5-4-6-12(16)15(3)7-11-10(2)14-8-17-11/h8-9H,4-7,13H2,1-3H3. The summed E-state index contributed by atoms with van der Waals surface area (Å²) in [7, 11) is 1.84. The minimum Gasteiger partial charge on any atom is -0.341 e. The molecule has 1 aromatic heterocycles. The average Bonchev–Trinajstić information content (AvgIpc) is 2.63. The minimum atomic E-state index is 0.178. The van der Waals surface area contributed by atoms with E-state index in [9.17, 15) is 4.79 Å². The van der Waals surface area contributed by atoms with E-state index in [1.807, 2.05) is 26.4 Å². The van der Waals surface area contributed by atoms with Gasteiger partial charge in [0.25, 0.3) is 0 Å². The largest absolute Gasteiger partial charge is 0.341 e. The zero-order chi connectivity index (χ0) is 12.8. The van der Waals surface area contributed by atoms with Crippen LogP contribution in [0.25, 0.3) is 0 Å². The molecule has 0 bridgehead atoms. The highest BCUT2D eigenvalue weighted by molar-refractivity contribution is 7.09. The van der Waals surface area contributed by atoms with Crippen LogP contribution < -0.4 is 5.73 Å². The molecule has 4 nitrogen and oxygen atoms in total. The normalized spacial score (nSPS) is 12.5. The van der Waals surface area contributed by atoms with E-state index in [-0.39, 0.29) is 11.9 Å². The van der Waals surface area contributed by atoms with Crippen molar-refractivity contribution in [2.24, 2.45) is 5.73 Å². The smallest absolute Gasteiger partial charge is 0.222 e. The van der Waals surface area contributed by atoms with Gasteiger partial charge < -0.3 is 10.6 Å². The molecule has 96 valence electrons. The highest BCUT2D eigenvalue weighted by Crippen LogP contribution is 2.15. The first-order valence-electron chi connectivity index (χ1n) is 5.89. The Hall–Kier alpha value is -0.940. The Kier molecular flexibility index (Phi) is 5.58. The molecule has 2 N–H and O–H groups in total. The molecule has 1 heterocycles. The number of nitrogens with zero attached hydrogens (tertiary/aromatic N) is 2. The van der Waals surface area contributed by atoms with E-state index in [1.54, 1.807) is 16.2 Å². The van der Waals surface area contributed by atoms with Crippen molar-refractivity contribution in [3.63, 3.8) is 0 Å². The number of carbonyl (C=O) groups excluding carboxylic acids is 1. The maximum absolute atomic E-state index is 11.8. The van der Waals surface area contributed by atoms with Gasteiger partial charge >= 0.3 is 0 Å². The van der Waals surface area contributed by atoms with Crippen molar-refractivity contribution in [2.45, 2.75) is 45.7 Å². The number of amides is 1. The lowest BCUT2D eigenvalue weighted by molar-refractivity contribution is -0.130. The summed E-state index contributed by atoms with van der Waals surface area (Å²) in [6.45, 7) is 4.60. The van der Waals surface area contributed by atoms with Crippen LogP contribution in [-0.4, -0.2) is 28.9 Å². The number of rotatable bonds is 6. The van der Waals surface area contributed by atoms with Gasteiger partial charge in [0.1, 0.15) is 0 Å². The van der Waals surface area contributed by atoms with Gasteiger partial charge in [0.2, 0.25) is 5.91 Å². The quantitative estimate of drug-likeness (QED) is 0.845. The molecule has 1 rings (SSSR count). The molecule has 0 aromatic carbocycles. The van der Waals surface area contributed by atoms with Gasteiger partial charge in [-0.05, 0) is 26.7 Å². The fourth-order valence-electron chi connectivity index (χ4n) is 1.55.